The lowest BCUT2D eigenvalue weighted by molar-refractivity contribution is 0.0936. The van der Waals surface area contributed by atoms with Crippen molar-refractivity contribution in [2.45, 2.75) is 19.4 Å². The Bertz CT molecular complexity index is 461. The summed E-state index contributed by atoms with van der Waals surface area (Å²) in [5.41, 5.74) is 0.383. The fraction of sp³-hybridized carbons (Fsp3) is 0.500. The van der Waals surface area contributed by atoms with Crippen LogP contribution in [0.1, 0.15) is 23.7 Å². The fourth-order valence-corrected chi connectivity index (χ4v) is 2.09. The Kier molecular flexibility index (Phi) is 6.45. The van der Waals surface area contributed by atoms with Crippen LogP contribution in [0.3, 0.4) is 0 Å². The summed E-state index contributed by atoms with van der Waals surface area (Å²) in [6.07, 6.45) is 0.755. The smallest absolute Gasteiger partial charge is 0.255 e. The summed E-state index contributed by atoms with van der Waals surface area (Å²) in [6, 6.07) is 3.22. The number of amides is 1. The topological polar surface area (TPSA) is 56.8 Å². The van der Waals surface area contributed by atoms with Crippen molar-refractivity contribution in [2.24, 2.45) is 0 Å². The first-order valence-corrected chi connectivity index (χ1v) is 6.82. The third-order valence-electron chi connectivity index (χ3n) is 2.96. The van der Waals surface area contributed by atoms with Gasteiger partial charge < -0.3 is 19.5 Å². The Labute approximate surface area is 124 Å². The molecule has 0 aliphatic rings. The maximum atomic E-state index is 12.3. The minimum absolute atomic E-state index is 0.0815. The number of carbonyl (C=O) groups excluding carboxylic acids is 1. The summed E-state index contributed by atoms with van der Waals surface area (Å²) >= 11 is 5.79. The number of carbonyl (C=O) groups is 1. The normalized spacial score (nSPS) is 11.7. The average molecular weight is 302 g/mol. The Morgan fingerprint density at radius 2 is 1.85 bits per heavy atom. The van der Waals surface area contributed by atoms with Crippen molar-refractivity contribution in [1.82, 2.24) is 5.32 Å². The Balaban J connectivity index is 3.14. The van der Waals surface area contributed by atoms with Crippen molar-refractivity contribution >= 4 is 17.5 Å². The Morgan fingerprint density at radius 1 is 1.20 bits per heavy atom. The SMILES string of the molecule is CCC(CCl)NC(=O)c1ccc(OC)c(OC)c1OC. The van der Waals surface area contributed by atoms with E-state index in [1.165, 1.54) is 21.3 Å². The van der Waals surface area contributed by atoms with Crippen LogP contribution in [0.15, 0.2) is 12.1 Å². The maximum Gasteiger partial charge on any atom is 0.255 e. The molecule has 1 rings (SSSR count). The third-order valence-corrected chi connectivity index (χ3v) is 3.34. The molecule has 0 fully saturated rings. The van der Waals surface area contributed by atoms with Gasteiger partial charge in [-0.15, -0.1) is 11.6 Å². The predicted molar refractivity (Wildman–Crippen MR) is 78.4 cm³/mol. The van der Waals surface area contributed by atoms with Gasteiger partial charge in [-0.3, -0.25) is 4.79 Å². The van der Waals surface area contributed by atoms with E-state index in [1.54, 1.807) is 12.1 Å². The van der Waals surface area contributed by atoms with Crippen LogP contribution < -0.4 is 19.5 Å². The second kappa shape index (κ2) is 7.85. The number of hydrogen-bond donors (Lipinski definition) is 1. The van der Waals surface area contributed by atoms with Crippen molar-refractivity contribution in [3.63, 3.8) is 0 Å². The van der Waals surface area contributed by atoms with E-state index in [2.05, 4.69) is 5.32 Å². The highest BCUT2D eigenvalue weighted by atomic mass is 35.5. The van der Waals surface area contributed by atoms with Crippen molar-refractivity contribution in [1.29, 1.82) is 0 Å². The van der Waals surface area contributed by atoms with Gasteiger partial charge in [0.1, 0.15) is 0 Å². The van der Waals surface area contributed by atoms with Crippen LogP contribution in [0, 0.1) is 0 Å². The summed E-state index contributed by atoms with van der Waals surface area (Å²) in [7, 11) is 4.50. The van der Waals surface area contributed by atoms with E-state index < -0.39 is 0 Å². The van der Waals surface area contributed by atoms with Crippen LogP contribution in [-0.4, -0.2) is 39.2 Å². The second-order valence-corrected chi connectivity index (χ2v) is 4.42. The lowest BCUT2D eigenvalue weighted by Gasteiger charge is -2.18. The molecule has 6 heteroatoms. The molecule has 1 amide bonds. The van der Waals surface area contributed by atoms with Crippen LogP contribution >= 0.6 is 11.6 Å². The lowest BCUT2D eigenvalue weighted by Crippen LogP contribution is -2.35. The van der Waals surface area contributed by atoms with Gasteiger partial charge in [-0.05, 0) is 18.6 Å². The molecule has 1 unspecified atom stereocenters. The summed E-state index contributed by atoms with van der Waals surface area (Å²) in [4.78, 5) is 12.3. The Morgan fingerprint density at radius 3 is 2.30 bits per heavy atom. The number of nitrogens with one attached hydrogen (secondary N) is 1. The van der Waals surface area contributed by atoms with Gasteiger partial charge >= 0.3 is 0 Å². The van der Waals surface area contributed by atoms with Gasteiger partial charge in [0.2, 0.25) is 5.75 Å². The summed E-state index contributed by atoms with van der Waals surface area (Å²) in [5, 5.41) is 2.85. The molecule has 1 aromatic carbocycles. The first-order valence-electron chi connectivity index (χ1n) is 6.28. The highest BCUT2D eigenvalue weighted by Gasteiger charge is 2.21. The highest BCUT2D eigenvalue weighted by molar-refractivity contribution is 6.18. The standard InChI is InChI=1S/C14H20ClNO4/c1-5-9(8-15)16-14(17)10-6-7-11(18-2)13(20-4)12(10)19-3/h6-7,9H,5,8H2,1-4H3,(H,16,17). The molecular formula is C14H20ClNO4. The fourth-order valence-electron chi connectivity index (χ4n) is 1.79. The van der Waals surface area contributed by atoms with Crippen molar-refractivity contribution in [3.05, 3.63) is 17.7 Å². The lowest BCUT2D eigenvalue weighted by atomic mass is 10.1. The van der Waals surface area contributed by atoms with Crippen LogP contribution in [0.2, 0.25) is 0 Å². The van der Waals surface area contributed by atoms with Crippen LogP contribution in [-0.2, 0) is 0 Å². The van der Waals surface area contributed by atoms with E-state index in [4.69, 9.17) is 25.8 Å². The van der Waals surface area contributed by atoms with Crippen LogP contribution in [0.4, 0.5) is 0 Å². The molecule has 0 heterocycles. The zero-order valence-electron chi connectivity index (χ0n) is 12.2. The molecule has 0 saturated heterocycles. The zero-order valence-corrected chi connectivity index (χ0v) is 12.9. The zero-order chi connectivity index (χ0) is 15.1. The molecular weight excluding hydrogens is 282 g/mol. The first-order chi connectivity index (χ1) is 9.62. The van der Waals surface area contributed by atoms with Gasteiger partial charge in [0.15, 0.2) is 11.5 Å². The van der Waals surface area contributed by atoms with Crippen LogP contribution in [0.25, 0.3) is 0 Å². The van der Waals surface area contributed by atoms with Gasteiger partial charge in [-0.1, -0.05) is 6.92 Å². The second-order valence-electron chi connectivity index (χ2n) is 4.11. The molecule has 1 atom stereocenters. The molecule has 0 spiro atoms. The molecule has 0 bridgehead atoms. The molecule has 0 aromatic heterocycles. The largest absolute Gasteiger partial charge is 0.493 e. The van der Waals surface area contributed by atoms with Crippen molar-refractivity contribution in [2.75, 3.05) is 27.2 Å². The Hall–Kier alpha value is -1.62. The molecule has 5 nitrogen and oxygen atoms in total. The monoisotopic (exact) mass is 301 g/mol. The molecule has 1 aromatic rings. The van der Waals surface area contributed by atoms with Gasteiger partial charge in [0, 0.05) is 11.9 Å². The summed E-state index contributed by atoms with van der Waals surface area (Å²) in [6.45, 7) is 1.96. The number of hydrogen-bond acceptors (Lipinski definition) is 4. The third kappa shape index (κ3) is 3.48. The van der Waals surface area contributed by atoms with Crippen LogP contribution in [0.5, 0.6) is 17.2 Å². The van der Waals surface area contributed by atoms with E-state index in [0.29, 0.717) is 28.7 Å². The van der Waals surface area contributed by atoms with Gasteiger partial charge in [0.25, 0.3) is 5.91 Å². The van der Waals surface area contributed by atoms with Gasteiger partial charge in [-0.25, -0.2) is 0 Å². The van der Waals surface area contributed by atoms with Crippen molar-refractivity contribution < 1.29 is 19.0 Å². The molecule has 0 saturated carbocycles. The molecule has 0 radical (unpaired) electrons. The van der Waals surface area contributed by atoms with E-state index >= 15 is 0 Å². The van der Waals surface area contributed by atoms with Gasteiger partial charge in [-0.2, -0.15) is 0 Å². The minimum Gasteiger partial charge on any atom is -0.493 e. The summed E-state index contributed by atoms with van der Waals surface area (Å²) < 4.78 is 15.7. The number of ether oxygens (including phenoxy) is 3. The molecule has 0 aliphatic heterocycles. The average Bonchev–Trinajstić information content (AvgIpc) is 2.50. The first kappa shape index (κ1) is 16.4. The van der Waals surface area contributed by atoms with E-state index in [-0.39, 0.29) is 11.9 Å². The van der Waals surface area contributed by atoms with Gasteiger partial charge in [0.05, 0.1) is 26.9 Å². The van der Waals surface area contributed by atoms with Crippen molar-refractivity contribution in [3.8, 4) is 17.2 Å². The molecule has 20 heavy (non-hydrogen) atoms. The quantitative estimate of drug-likeness (QED) is 0.786. The maximum absolute atomic E-state index is 12.3. The summed E-state index contributed by atoms with van der Waals surface area (Å²) in [5.74, 6) is 1.34. The number of halogens is 1. The number of methoxy groups -OCH3 is 3. The molecule has 0 aliphatic carbocycles. The highest BCUT2D eigenvalue weighted by Crippen LogP contribution is 2.39. The van der Waals surface area contributed by atoms with E-state index in [1.807, 2.05) is 6.92 Å². The van der Waals surface area contributed by atoms with E-state index in [9.17, 15) is 4.79 Å². The number of benzene rings is 1. The minimum atomic E-state index is -0.254. The molecule has 1 N–H and O–H groups in total. The number of rotatable bonds is 7. The predicted octanol–water partition coefficient (Wildman–Crippen LogP) is 2.46. The number of alkyl halides is 1. The molecule has 112 valence electrons. The van der Waals surface area contributed by atoms with E-state index in [0.717, 1.165) is 6.42 Å².